The van der Waals surface area contributed by atoms with Crippen molar-refractivity contribution < 1.29 is 22.7 Å². The highest BCUT2D eigenvalue weighted by Gasteiger charge is 2.30. The van der Waals surface area contributed by atoms with E-state index in [1.54, 1.807) is 23.8 Å². The van der Waals surface area contributed by atoms with E-state index in [-0.39, 0.29) is 11.4 Å². The minimum atomic E-state index is -4.53. The van der Waals surface area contributed by atoms with Gasteiger partial charge in [-0.15, -0.1) is 0 Å². The number of carbonyl (C=O) groups excluding carboxylic acids is 1. The first-order chi connectivity index (χ1) is 14.8. The Kier molecular flexibility index (Phi) is 5.05. The number of imidazole rings is 1. The Morgan fingerprint density at radius 1 is 1.10 bits per heavy atom. The summed E-state index contributed by atoms with van der Waals surface area (Å²) in [5.41, 5.74) is 0.487. The van der Waals surface area contributed by atoms with E-state index < -0.39 is 17.6 Å². The molecule has 0 saturated carbocycles. The van der Waals surface area contributed by atoms with Crippen LogP contribution in [-0.4, -0.2) is 32.5 Å². The first kappa shape index (κ1) is 20.3. The Hall–Kier alpha value is -3.95. The van der Waals surface area contributed by atoms with Gasteiger partial charge in [-0.2, -0.15) is 13.2 Å². The summed E-state index contributed by atoms with van der Waals surface area (Å²) in [5.74, 6) is 1.22. The molecular weight excluding hydrogens is 411 g/mol. The number of halogens is 3. The van der Waals surface area contributed by atoms with E-state index in [0.29, 0.717) is 17.4 Å². The summed E-state index contributed by atoms with van der Waals surface area (Å²) < 4.78 is 45.6. The molecule has 0 spiro atoms. The van der Waals surface area contributed by atoms with E-state index in [9.17, 15) is 18.0 Å². The van der Waals surface area contributed by atoms with E-state index in [0.717, 1.165) is 23.2 Å². The van der Waals surface area contributed by atoms with Crippen molar-refractivity contribution in [3.8, 4) is 11.6 Å². The van der Waals surface area contributed by atoms with Gasteiger partial charge in [-0.3, -0.25) is 9.36 Å². The topological polar surface area (TPSA) is 81.9 Å². The van der Waals surface area contributed by atoms with Crippen LogP contribution < -0.4 is 10.1 Å². The van der Waals surface area contributed by atoms with E-state index in [2.05, 4.69) is 20.3 Å². The van der Waals surface area contributed by atoms with Crippen LogP contribution in [-0.2, 0) is 6.18 Å². The average Bonchev–Trinajstić information content (AvgIpc) is 3.08. The molecule has 0 bridgehead atoms. The summed E-state index contributed by atoms with van der Waals surface area (Å²) in [6.45, 7) is 1.82. The van der Waals surface area contributed by atoms with E-state index in [1.165, 1.54) is 24.5 Å². The van der Waals surface area contributed by atoms with Crippen molar-refractivity contribution in [1.82, 2.24) is 19.5 Å². The molecule has 4 rings (SSSR count). The van der Waals surface area contributed by atoms with Crippen molar-refractivity contribution in [3.05, 3.63) is 71.8 Å². The Morgan fingerprint density at radius 2 is 1.90 bits per heavy atom. The Bertz CT molecular complexity index is 1270. The predicted molar refractivity (Wildman–Crippen MR) is 107 cm³/mol. The van der Waals surface area contributed by atoms with Crippen LogP contribution in [0.15, 0.2) is 54.9 Å². The van der Waals surface area contributed by atoms with Crippen LogP contribution in [0.25, 0.3) is 16.9 Å². The number of benzene rings is 2. The molecule has 31 heavy (non-hydrogen) atoms. The Labute approximate surface area is 174 Å². The molecule has 1 amide bonds. The number of carbonyl (C=O) groups is 1. The molecule has 2 aromatic carbocycles. The molecule has 0 unspecified atom stereocenters. The van der Waals surface area contributed by atoms with Crippen LogP contribution in [0.5, 0.6) is 5.75 Å². The number of anilines is 1. The average molecular weight is 427 g/mol. The number of aromatic nitrogens is 4. The lowest BCUT2D eigenvalue weighted by Gasteiger charge is -2.10. The molecule has 0 aliphatic carbocycles. The second-order valence-electron chi connectivity index (χ2n) is 6.64. The van der Waals surface area contributed by atoms with Gasteiger partial charge in [0, 0.05) is 11.6 Å². The molecule has 0 radical (unpaired) electrons. The number of ether oxygens (including phenoxy) is 1. The fraction of sp³-hybridized carbons (Fsp3) is 0.143. The SMILES string of the molecule is COc1ccc2c(c1)nc(C)n2-c1cnc(NC(=O)c2cccc(C(F)(F)F)c2)cn1. The summed E-state index contributed by atoms with van der Waals surface area (Å²) in [4.78, 5) is 25.3. The van der Waals surface area contributed by atoms with Gasteiger partial charge in [0.25, 0.3) is 5.91 Å². The van der Waals surface area contributed by atoms with Crippen molar-refractivity contribution >= 4 is 22.8 Å². The van der Waals surface area contributed by atoms with Crippen molar-refractivity contribution in [1.29, 1.82) is 0 Å². The first-order valence-electron chi connectivity index (χ1n) is 9.10. The van der Waals surface area contributed by atoms with Gasteiger partial charge < -0.3 is 10.1 Å². The number of methoxy groups -OCH3 is 1. The first-order valence-corrected chi connectivity index (χ1v) is 9.10. The Balaban J connectivity index is 1.58. The van der Waals surface area contributed by atoms with E-state index in [4.69, 9.17) is 4.74 Å². The van der Waals surface area contributed by atoms with Crippen molar-refractivity contribution in [2.45, 2.75) is 13.1 Å². The molecule has 0 atom stereocenters. The number of rotatable bonds is 4. The minimum Gasteiger partial charge on any atom is -0.497 e. The van der Waals surface area contributed by atoms with E-state index >= 15 is 0 Å². The van der Waals surface area contributed by atoms with Gasteiger partial charge in [0.1, 0.15) is 11.6 Å². The van der Waals surface area contributed by atoms with Crippen LogP contribution in [0.1, 0.15) is 21.7 Å². The molecule has 0 fully saturated rings. The molecule has 7 nitrogen and oxygen atoms in total. The quantitative estimate of drug-likeness (QED) is 0.522. The zero-order valence-corrected chi connectivity index (χ0v) is 16.4. The third kappa shape index (κ3) is 4.04. The zero-order chi connectivity index (χ0) is 22.2. The van der Waals surface area contributed by atoms with Crippen LogP contribution in [0, 0.1) is 6.92 Å². The number of nitrogens with one attached hydrogen (secondary N) is 1. The fourth-order valence-electron chi connectivity index (χ4n) is 3.12. The number of hydrogen-bond donors (Lipinski definition) is 1. The number of fused-ring (bicyclic) bond motifs is 1. The smallest absolute Gasteiger partial charge is 0.416 e. The summed E-state index contributed by atoms with van der Waals surface area (Å²) in [6, 6.07) is 9.60. The van der Waals surface area contributed by atoms with Gasteiger partial charge in [-0.1, -0.05) is 6.07 Å². The number of hydrogen-bond acceptors (Lipinski definition) is 5. The second kappa shape index (κ2) is 7.71. The van der Waals surface area contributed by atoms with Gasteiger partial charge in [0.2, 0.25) is 0 Å². The van der Waals surface area contributed by atoms with Gasteiger partial charge in [-0.05, 0) is 37.3 Å². The molecule has 1 N–H and O–H groups in total. The molecule has 2 aromatic heterocycles. The molecular formula is C21H16F3N5O2. The molecule has 10 heteroatoms. The highest BCUT2D eigenvalue weighted by molar-refractivity contribution is 6.03. The molecule has 2 heterocycles. The van der Waals surface area contributed by atoms with Gasteiger partial charge in [-0.25, -0.2) is 15.0 Å². The molecule has 158 valence electrons. The summed E-state index contributed by atoms with van der Waals surface area (Å²) in [5, 5.41) is 2.45. The van der Waals surface area contributed by atoms with Crippen LogP contribution in [0.3, 0.4) is 0 Å². The minimum absolute atomic E-state index is 0.106. The summed E-state index contributed by atoms with van der Waals surface area (Å²) in [7, 11) is 1.57. The maximum atomic E-state index is 12.9. The lowest BCUT2D eigenvalue weighted by molar-refractivity contribution is -0.137. The molecule has 0 aliphatic heterocycles. The lowest BCUT2D eigenvalue weighted by atomic mass is 10.1. The van der Waals surface area contributed by atoms with Crippen molar-refractivity contribution in [2.75, 3.05) is 12.4 Å². The summed E-state index contributed by atoms with van der Waals surface area (Å²) in [6.07, 6.45) is -1.76. The lowest BCUT2D eigenvalue weighted by Crippen LogP contribution is -2.15. The highest BCUT2D eigenvalue weighted by Crippen LogP contribution is 2.29. The largest absolute Gasteiger partial charge is 0.497 e. The molecule has 0 saturated heterocycles. The molecule has 0 aliphatic rings. The monoisotopic (exact) mass is 427 g/mol. The zero-order valence-electron chi connectivity index (χ0n) is 16.4. The maximum Gasteiger partial charge on any atom is 0.416 e. The van der Waals surface area contributed by atoms with Crippen LogP contribution >= 0.6 is 0 Å². The van der Waals surface area contributed by atoms with Crippen molar-refractivity contribution in [3.63, 3.8) is 0 Å². The standard InChI is InChI=1S/C21H16F3N5O2/c1-12-27-16-9-15(31-2)6-7-17(16)29(12)19-11-25-18(10-26-19)28-20(30)13-4-3-5-14(8-13)21(22,23)24/h3-11H,1-2H3,(H,25,28,30). The van der Waals surface area contributed by atoms with Gasteiger partial charge in [0.05, 0.1) is 36.1 Å². The third-order valence-electron chi connectivity index (χ3n) is 4.59. The number of nitrogens with zero attached hydrogens (tertiary/aromatic N) is 4. The second-order valence-corrected chi connectivity index (χ2v) is 6.64. The van der Waals surface area contributed by atoms with Crippen LogP contribution in [0.2, 0.25) is 0 Å². The predicted octanol–water partition coefficient (Wildman–Crippen LogP) is 4.40. The molecule has 4 aromatic rings. The van der Waals surface area contributed by atoms with Crippen LogP contribution in [0.4, 0.5) is 19.0 Å². The fourth-order valence-corrected chi connectivity index (χ4v) is 3.12. The number of amides is 1. The number of alkyl halides is 3. The maximum absolute atomic E-state index is 12.9. The van der Waals surface area contributed by atoms with Gasteiger partial charge in [0.15, 0.2) is 11.6 Å². The summed E-state index contributed by atoms with van der Waals surface area (Å²) >= 11 is 0. The highest BCUT2D eigenvalue weighted by atomic mass is 19.4. The van der Waals surface area contributed by atoms with E-state index in [1.807, 2.05) is 13.0 Å². The number of aryl methyl sites for hydroxylation is 1. The Morgan fingerprint density at radius 3 is 2.58 bits per heavy atom. The van der Waals surface area contributed by atoms with Gasteiger partial charge >= 0.3 is 6.18 Å². The normalized spacial score (nSPS) is 11.5. The van der Waals surface area contributed by atoms with Crippen molar-refractivity contribution in [2.24, 2.45) is 0 Å². The third-order valence-corrected chi connectivity index (χ3v) is 4.59.